The predicted molar refractivity (Wildman–Crippen MR) is 106 cm³/mol. The molecule has 5 rings (SSSR count). The molecule has 0 bridgehead atoms. The van der Waals surface area contributed by atoms with E-state index in [0.29, 0.717) is 5.82 Å². The summed E-state index contributed by atoms with van der Waals surface area (Å²) < 4.78 is 6.10. The van der Waals surface area contributed by atoms with Gasteiger partial charge in [0, 0.05) is 18.1 Å². The number of carbonyl (C=O) groups is 2. The van der Waals surface area contributed by atoms with Crippen LogP contribution in [0, 0.1) is 11.8 Å². The summed E-state index contributed by atoms with van der Waals surface area (Å²) in [5, 5.41) is 5.01. The number of amides is 2. The first-order valence-electron chi connectivity index (χ1n) is 9.71. The van der Waals surface area contributed by atoms with Gasteiger partial charge in [-0.2, -0.15) is 0 Å². The molecule has 0 spiro atoms. The number of hydrogen-bond acceptors (Lipinski definition) is 5. The Morgan fingerprint density at radius 1 is 1.07 bits per heavy atom. The molecule has 3 heterocycles. The van der Waals surface area contributed by atoms with Crippen molar-refractivity contribution in [2.24, 2.45) is 11.8 Å². The first kappa shape index (κ1) is 17.1. The second-order valence-electron chi connectivity index (χ2n) is 7.44. The van der Waals surface area contributed by atoms with Gasteiger partial charge in [-0.1, -0.05) is 24.3 Å². The van der Waals surface area contributed by atoms with Crippen LogP contribution in [0.3, 0.4) is 0 Å². The van der Waals surface area contributed by atoms with E-state index in [4.69, 9.17) is 4.74 Å². The number of ether oxygens (including phenoxy) is 1. The number of aromatic nitrogens is 1. The normalized spacial score (nSPS) is 26.7. The highest BCUT2D eigenvalue weighted by Gasteiger charge is 2.47. The van der Waals surface area contributed by atoms with E-state index >= 15 is 0 Å². The summed E-state index contributed by atoms with van der Waals surface area (Å²) in [6, 6.07) is 7.60. The Bertz CT molecular complexity index is 977. The quantitative estimate of drug-likeness (QED) is 0.835. The number of allylic oxidation sites excluding steroid dienone is 2. The monoisotopic (exact) mass is 375 g/mol. The fraction of sp³-hybridized carbons (Fsp3) is 0.318. The molecule has 1 aliphatic carbocycles. The van der Waals surface area contributed by atoms with Crippen molar-refractivity contribution in [3.05, 3.63) is 54.8 Å². The number of nitrogens with zero attached hydrogens (tertiary/aromatic N) is 2. The van der Waals surface area contributed by atoms with E-state index in [1.165, 1.54) is 4.90 Å². The van der Waals surface area contributed by atoms with Crippen LogP contribution in [0.4, 0.5) is 5.82 Å². The van der Waals surface area contributed by atoms with E-state index in [9.17, 15) is 9.59 Å². The number of nitrogens with one attached hydrogen (secondary N) is 1. The molecule has 0 saturated carbocycles. The zero-order valence-corrected chi connectivity index (χ0v) is 15.4. The number of anilines is 1. The van der Waals surface area contributed by atoms with Crippen LogP contribution in [0.5, 0.6) is 5.75 Å². The number of benzene rings is 1. The van der Waals surface area contributed by atoms with Crippen molar-refractivity contribution in [2.45, 2.75) is 18.9 Å². The van der Waals surface area contributed by atoms with Crippen LogP contribution < -0.4 is 15.0 Å². The van der Waals surface area contributed by atoms with Crippen LogP contribution in [0.1, 0.15) is 12.8 Å². The molecule has 2 fully saturated rings. The lowest BCUT2D eigenvalue weighted by Crippen LogP contribution is -2.37. The van der Waals surface area contributed by atoms with Crippen LogP contribution in [-0.2, 0) is 9.59 Å². The third-order valence-electron chi connectivity index (χ3n) is 5.63. The van der Waals surface area contributed by atoms with E-state index in [1.807, 2.05) is 36.4 Å². The largest absolute Gasteiger partial charge is 0.489 e. The van der Waals surface area contributed by atoms with Gasteiger partial charge in [0.15, 0.2) is 0 Å². The van der Waals surface area contributed by atoms with Crippen molar-refractivity contribution < 1.29 is 14.3 Å². The molecule has 28 heavy (non-hydrogen) atoms. The smallest absolute Gasteiger partial charge is 0.243 e. The van der Waals surface area contributed by atoms with Gasteiger partial charge in [-0.25, -0.2) is 9.88 Å². The number of pyridine rings is 1. The highest BCUT2D eigenvalue weighted by Crippen LogP contribution is 2.37. The van der Waals surface area contributed by atoms with Crippen molar-refractivity contribution in [2.75, 3.05) is 18.0 Å². The Morgan fingerprint density at radius 2 is 1.86 bits per heavy atom. The molecule has 3 atom stereocenters. The molecule has 1 N–H and O–H groups in total. The summed E-state index contributed by atoms with van der Waals surface area (Å²) in [4.78, 5) is 31.4. The summed E-state index contributed by atoms with van der Waals surface area (Å²) in [6.45, 7) is 1.89. The lowest BCUT2D eigenvalue weighted by molar-refractivity contribution is -0.122. The van der Waals surface area contributed by atoms with Gasteiger partial charge in [0.25, 0.3) is 0 Å². The maximum atomic E-state index is 12.9. The standard InChI is InChI=1S/C22H21N3O3/c26-21-18-5-1-2-6-19(18)22(27)25(21)20-17-8-7-15(12-14(17)9-11-24-20)28-16-4-3-10-23-13-16/h1-2,5-9,11-12,16,18-19,23H,3-4,10,13H2/t16-,18-,19-/m0/s1. The molecular weight excluding hydrogens is 354 g/mol. The molecule has 2 aromatic rings. The molecule has 6 heteroatoms. The highest BCUT2D eigenvalue weighted by molar-refractivity contribution is 6.25. The topological polar surface area (TPSA) is 71.5 Å². The lowest BCUT2D eigenvalue weighted by atomic mass is 9.91. The van der Waals surface area contributed by atoms with Gasteiger partial charge in [-0.3, -0.25) is 9.59 Å². The Labute approximate surface area is 162 Å². The van der Waals surface area contributed by atoms with Crippen molar-refractivity contribution in [1.29, 1.82) is 0 Å². The van der Waals surface area contributed by atoms with Gasteiger partial charge in [-0.05, 0) is 49.0 Å². The zero-order chi connectivity index (χ0) is 19.1. The number of carbonyl (C=O) groups excluding carboxylic acids is 2. The fourth-order valence-corrected chi connectivity index (χ4v) is 4.20. The Morgan fingerprint density at radius 3 is 2.57 bits per heavy atom. The van der Waals surface area contributed by atoms with Gasteiger partial charge >= 0.3 is 0 Å². The second-order valence-corrected chi connectivity index (χ2v) is 7.44. The van der Waals surface area contributed by atoms with E-state index in [0.717, 1.165) is 42.5 Å². The molecule has 1 aromatic carbocycles. The summed E-state index contributed by atoms with van der Waals surface area (Å²) in [6.07, 6.45) is 11.2. The molecule has 2 amide bonds. The van der Waals surface area contributed by atoms with Crippen LogP contribution >= 0.6 is 0 Å². The van der Waals surface area contributed by atoms with Gasteiger partial charge in [-0.15, -0.1) is 0 Å². The van der Waals surface area contributed by atoms with Crippen molar-refractivity contribution in [1.82, 2.24) is 10.3 Å². The van der Waals surface area contributed by atoms with Crippen molar-refractivity contribution >= 4 is 28.4 Å². The Balaban J connectivity index is 1.48. The average Bonchev–Trinajstić information content (AvgIpc) is 2.99. The molecule has 2 aliphatic heterocycles. The van der Waals surface area contributed by atoms with Crippen LogP contribution in [0.15, 0.2) is 54.8 Å². The molecule has 0 unspecified atom stereocenters. The molecule has 0 radical (unpaired) electrons. The molecule has 6 nitrogen and oxygen atoms in total. The summed E-state index contributed by atoms with van der Waals surface area (Å²) in [5.74, 6) is -0.119. The van der Waals surface area contributed by atoms with Crippen molar-refractivity contribution in [3.8, 4) is 5.75 Å². The number of hydrogen-bond donors (Lipinski definition) is 1. The third kappa shape index (κ3) is 2.81. The molecule has 1 aromatic heterocycles. The highest BCUT2D eigenvalue weighted by atomic mass is 16.5. The van der Waals surface area contributed by atoms with Crippen molar-refractivity contribution in [3.63, 3.8) is 0 Å². The Kier molecular flexibility index (Phi) is 4.20. The first-order chi connectivity index (χ1) is 13.7. The maximum absolute atomic E-state index is 12.9. The van der Waals surface area contributed by atoms with E-state index in [1.54, 1.807) is 18.3 Å². The second kappa shape index (κ2) is 6.87. The first-order valence-corrected chi connectivity index (χ1v) is 9.71. The van der Waals surface area contributed by atoms with E-state index < -0.39 is 11.8 Å². The van der Waals surface area contributed by atoms with Crippen LogP contribution in [0.2, 0.25) is 0 Å². The average molecular weight is 375 g/mol. The van der Waals surface area contributed by atoms with E-state index in [-0.39, 0.29) is 17.9 Å². The summed E-state index contributed by atoms with van der Waals surface area (Å²) >= 11 is 0. The van der Waals surface area contributed by atoms with Gasteiger partial charge in [0.2, 0.25) is 11.8 Å². The van der Waals surface area contributed by atoms with E-state index in [2.05, 4.69) is 10.3 Å². The number of rotatable bonds is 3. The minimum atomic E-state index is -0.434. The van der Waals surface area contributed by atoms with Crippen LogP contribution in [0.25, 0.3) is 10.8 Å². The molecule has 2 saturated heterocycles. The molecule has 142 valence electrons. The van der Waals surface area contributed by atoms with Crippen LogP contribution in [-0.4, -0.2) is 36.0 Å². The predicted octanol–water partition coefficient (Wildman–Crippen LogP) is 2.60. The van der Waals surface area contributed by atoms with Gasteiger partial charge < -0.3 is 10.1 Å². The Hall–Kier alpha value is -2.99. The summed E-state index contributed by atoms with van der Waals surface area (Å²) in [7, 11) is 0. The number of imide groups is 1. The lowest BCUT2D eigenvalue weighted by Gasteiger charge is -2.24. The minimum Gasteiger partial charge on any atom is -0.489 e. The third-order valence-corrected chi connectivity index (χ3v) is 5.63. The minimum absolute atomic E-state index is 0.163. The zero-order valence-electron chi connectivity index (χ0n) is 15.4. The maximum Gasteiger partial charge on any atom is 0.243 e. The number of piperidine rings is 1. The molecular formula is C22H21N3O3. The number of fused-ring (bicyclic) bond motifs is 2. The SMILES string of the molecule is O=C1[C@H]2C=CC=C[C@@H]2C(=O)N1c1nccc2cc(O[C@H]3CCCNC3)ccc12. The van der Waals surface area contributed by atoms with Gasteiger partial charge in [0.1, 0.15) is 17.7 Å². The summed E-state index contributed by atoms with van der Waals surface area (Å²) in [5.41, 5.74) is 0. The fourth-order valence-electron chi connectivity index (χ4n) is 4.20. The van der Waals surface area contributed by atoms with Gasteiger partial charge in [0.05, 0.1) is 11.8 Å². The molecule has 3 aliphatic rings.